The SMILES string of the molecule is C=C(C#N)/C=C\C(Cl)=NC. The van der Waals surface area contributed by atoms with Crippen LogP contribution in [0.15, 0.2) is 29.3 Å². The molecule has 10 heavy (non-hydrogen) atoms. The van der Waals surface area contributed by atoms with Crippen molar-refractivity contribution in [3.8, 4) is 6.07 Å². The Balaban J connectivity index is 4.04. The summed E-state index contributed by atoms with van der Waals surface area (Å²) in [4.78, 5) is 3.64. The maximum absolute atomic E-state index is 8.24. The highest BCUT2D eigenvalue weighted by Crippen LogP contribution is 1.93. The Hall–Kier alpha value is -1.07. The molecule has 0 fully saturated rings. The monoisotopic (exact) mass is 154 g/mol. The molecule has 0 heterocycles. The third-order valence-electron chi connectivity index (χ3n) is 0.779. The average molecular weight is 155 g/mol. The van der Waals surface area contributed by atoms with Crippen LogP contribution in [0.5, 0.6) is 0 Å². The van der Waals surface area contributed by atoms with Gasteiger partial charge in [0.25, 0.3) is 0 Å². The molecular formula is C7H7ClN2. The number of nitriles is 1. The van der Waals surface area contributed by atoms with Gasteiger partial charge in [0.15, 0.2) is 0 Å². The summed E-state index contributed by atoms with van der Waals surface area (Å²) in [6, 6.07) is 1.85. The fraction of sp³-hybridized carbons (Fsp3) is 0.143. The molecule has 0 unspecified atom stereocenters. The molecule has 0 aliphatic heterocycles. The van der Waals surface area contributed by atoms with Crippen molar-refractivity contribution in [1.29, 1.82) is 5.26 Å². The maximum atomic E-state index is 8.24. The van der Waals surface area contributed by atoms with Crippen molar-refractivity contribution in [2.75, 3.05) is 7.05 Å². The highest BCUT2D eigenvalue weighted by Gasteiger charge is 1.83. The van der Waals surface area contributed by atoms with Crippen molar-refractivity contribution in [3.05, 3.63) is 24.3 Å². The maximum Gasteiger partial charge on any atom is 0.123 e. The fourth-order valence-corrected chi connectivity index (χ4v) is 0.344. The molecular weight excluding hydrogens is 148 g/mol. The topological polar surface area (TPSA) is 36.1 Å². The van der Waals surface area contributed by atoms with Crippen LogP contribution >= 0.6 is 11.6 Å². The lowest BCUT2D eigenvalue weighted by Gasteiger charge is -1.82. The Kier molecular flexibility index (Phi) is 4.26. The molecule has 0 saturated carbocycles. The van der Waals surface area contributed by atoms with Crippen LogP contribution < -0.4 is 0 Å². The van der Waals surface area contributed by atoms with Crippen molar-refractivity contribution in [2.45, 2.75) is 0 Å². The highest BCUT2D eigenvalue weighted by atomic mass is 35.5. The van der Waals surface area contributed by atoms with Gasteiger partial charge in [-0.05, 0) is 12.2 Å². The number of nitrogens with zero attached hydrogens (tertiary/aromatic N) is 2. The van der Waals surface area contributed by atoms with E-state index in [1.807, 2.05) is 6.07 Å². The lowest BCUT2D eigenvalue weighted by atomic mass is 10.3. The second kappa shape index (κ2) is 4.78. The minimum atomic E-state index is 0.358. The Labute approximate surface area is 65.1 Å². The predicted molar refractivity (Wildman–Crippen MR) is 43.1 cm³/mol. The number of halogens is 1. The molecule has 0 aromatic heterocycles. The van der Waals surface area contributed by atoms with Gasteiger partial charge in [0.2, 0.25) is 0 Å². The van der Waals surface area contributed by atoms with Gasteiger partial charge >= 0.3 is 0 Å². The minimum absolute atomic E-state index is 0.358. The van der Waals surface area contributed by atoms with Crippen molar-refractivity contribution in [2.24, 2.45) is 4.99 Å². The van der Waals surface area contributed by atoms with E-state index in [-0.39, 0.29) is 0 Å². The molecule has 0 radical (unpaired) electrons. The van der Waals surface area contributed by atoms with Crippen LogP contribution in [0.25, 0.3) is 0 Å². The van der Waals surface area contributed by atoms with Crippen LogP contribution in [0, 0.1) is 11.3 Å². The van der Waals surface area contributed by atoms with Crippen LogP contribution in [0.4, 0.5) is 0 Å². The largest absolute Gasteiger partial charge is 0.277 e. The van der Waals surface area contributed by atoms with Crippen molar-refractivity contribution >= 4 is 16.8 Å². The summed E-state index contributed by atoms with van der Waals surface area (Å²) >= 11 is 5.48. The summed E-state index contributed by atoms with van der Waals surface area (Å²) in [5.41, 5.74) is 0.363. The third kappa shape index (κ3) is 3.88. The van der Waals surface area contributed by atoms with Gasteiger partial charge in [0.1, 0.15) is 5.17 Å². The van der Waals surface area contributed by atoms with E-state index in [0.29, 0.717) is 10.7 Å². The van der Waals surface area contributed by atoms with Crippen molar-refractivity contribution in [1.82, 2.24) is 0 Å². The lowest BCUT2D eigenvalue weighted by molar-refractivity contribution is 1.46. The Morgan fingerprint density at radius 1 is 1.70 bits per heavy atom. The summed E-state index contributed by atoms with van der Waals surface area (Å²) < 4.78 is 0. The van der Waals surface area contributed by atoms with E-state index in [0.717, 1.165) is 0 Å². The summed E-state index contributed by atoms with van der Waals surface area (Å²) in [5, 5.41) is 8.59. The van der Waals surface area contributed by atoms with Gasteiger partial charge in [0, 0.05) is 12.6 Å². The number of rotatable bonds is 2. The molecule has 0 aromatic carbocycles. The number of hydrogen-bond acceptors (Lipinski definition) is 2. The second-order valence-electron chi connectivity index (χ2n) is 1.52. The minimum Gasteiger partial charge on any atom is -0.277 e. The molecule has 0 aliphatic carbocycles. The normalized spacial score (nSPS) is 11.5. The van der Waals surface area contributed by atoms with Gasteiger partial charge in [-0.15, -0.1) is 0 Å². The van der Waals surface area contributed by atoms with Crippen LogP contribution in [-0.4, -0.2) is 12.2 Å². The quantitative estimate of drug-likeness (QED) is 0.340. The number of aliphatic imine (C=N–C) groups is 1. The number of allylic oxidation sites excluding steroid dienone is 3. The van der Waals surface area contributed by atoms with E-state index < -0.39 is 0 Å². The molecule has 2 nitrogen and oxygen atoms in total. The van der Waals surface area contributed by atoms with Gasteiger partial charge in [-0.2, -0.15) is 5.26 Å². The lowest BCUT2D eigenvalue weighted by Crippen LogP contribution is -1.77. The molecule has 0 spiro atoms. The molecule has 0 aliphatic rings. The second-order valence-corrected chi connectivity index (χ2v) is 1.90. The molecule has 0 atom stereocenters. The smallest absolute Gasteiger partial charge is 0.123 e. The van der Waals surface area contributed by atoms with E-state index in [2.05, 4.69) is 11.6 Å². The van der Waals surface area contributed by atoms with Gasteiger partial charge < -0.3 is 0 Å². The van der Waals surface area contributed by atoms with E-state index in [1.165, 1.54) is 12.2 Å². The fourth-order valence-electron chi connectivity index (χ4n) is 0.281. The van der Waals surface area contributed by atoms with Crippen LogP contribution in [0.1, 0.15) is 0 Å². The van der Waals surface area contributed by atoms with Gasteiger partial charge in [-0.1, -0.05) is 18.2 Å². The van der Waals surface area contributed by atoms with Crippen LogP contribution in [0.3, 0.4) is 0 Å². The summed E-state index contributed by atoms with van der Waals surface area (Å²) in [6.45, 7) is 3.42. The molecule has 0 bridgehead atoms. The Bertz CT molecular complexity index is 220. The summed E-state index contributed by atoms with van der Waals surface area (Å²) in [6.07, 6.45) is 3.03. The average Bonchev–Trinajstić information content (AvgIpc) is 1.99. The van der Waals surface area contributed by atoms with E-state index in [4.69, 9.17) is 16.9 Å². The standard InChI is InChI=1S/C7H7ClN2/c1-6(5-9)3-4-7(8)10-2/h3-4H,1H2,2H3/b4-3-,10-7?. The number of hydrogen-bond donors (Lipinski definition) is 0. The van der Waals surface area contributed by atoms with Crippen molar-refractivity contribution < 1.29 is 0 Å². The van der Waals surface area contributed by atoms with E-state index in [1.54, 1.807) is 7.05 Å². The molecule has 0 rings (SSSR count). The zero-order chi connectivity index (χ0) is 7.98. The van der Waals surface area contributed by atoms with E-state index in [9.17, 15) is 0 Å². The van der Waals surface area contributed by atoms with Crippen LogP contribution in [0.2, 0.25) is 0 Å². The highest BCUT2D eigenvalue weighted by molar-refractivity contribution is 6.68. The zero-order valence-corrected chi connectivity index (χ0v) is 6.39. The first-order valence-corrected chi connectivity index (χ1v) is 2.98. The predicted octanol–water partition coefficient (Wildman–Crippen LogP) is 1.89. The zero-order valence-electron chi connectivity index (χ0n) is 5.63. The molecule has 0 aromatic rings. The van der Waals surface area contributed by atoms with E-state index >= 15 is 0 Å². The summed E-state index contributed by atoms with van der Waals surface area (Å²) in [5.74, 6) is 0. The first-order chi connectivity index (χ1) is 4.70. The molecule has 0 amide bonds. The first-order valence-electron chi connectivity index (χ1n) is 2.60. The van der Waals surface area contributed by atoms with Crippen molar-refractivity contribution in [3.63, 3.8) is 0 Å². The molecule has 52 valence electrons. The Morgan fingerprint density at radius 2 is 2.30 bits per heavy atom. The molecule has 0 saturated heterocycles. The third-order valence-corrected chi connectivity index (χ3v) is 1.07. The first kappa shape index (κ1) is 8.93. The van der Waals surface area contributed by atoms with Gasteiger partial charge in [-0.25, -0.2) is 0 Å². The van der Waals surface area contributed by atoms with Crippen LogP contribution in [-0.2, 0) is 0 Å². The Morgan fingerprint density at radius 3 is 2.70 bits per heavy atom. The van der Waals surface area contributed by atoms with Gasteiger partial charge in [-0.3, -0.25) is 4.99 Å². The summed E-state index contributed by atoms with van der Waals surface area (Å²) in [7, 11) is 1.57. The van der Waals surface area contributed by atoms with Gasteiger partial charge in [0.05, 0.1) is 6.07 Å². The molecule has 0 N–H and O–H groups in total. The molecule has 3 heteroatoms.